The largest absolute Gasteiger partial charge is 0.389 e. The number of hydrogen-bond donors (Lipinski definition) is 1. The summed E-state index contributed by atoms with van der Waals surface area (Å²) in [5, 5.41) is 9.96. The molecule has 2 rings (SSSR count). The van der Waals surface area contributed by atoms with Gasteiger partial charge in [0.15, 0.2) is 0 Å². The molecule has 1 heterocycles. The van der Waals surface area contributed by atoms with Crippen LogP contribution < -0.4 is 0 Å². The zero-order valence-corrected chi connectivity index (χ0v) is 13.3. The summed E-state index contributed by atoms with van der Waals surface area (Å²) in [5.41, 5.74) is -0.0273. The van der Waals surface area contributed by atoms with Gasteiger partial charge in [0.25, 0.3) is 0 Å². The fraction of sp³-hybridized carbons (Fsp3) is 0.529. The van der Waals surface area contributed by atoms with E-state index in [0.29, 0.717) is 0 Å². The lowest BCUT2D eigenvalue weighted by molar-refractivity contribution is -0.142. The molecule has 0 aromatic heterocycles. The second-order valence-corrected chi connectivity index (χ2v) is 6.22. The standard InChI is InChI=1S/C17H23NO4/c1-12(2)22-11-14(19)10-18-15(20)9-17(3,16(18)21)13-7-5-4-6-8-13/h4-8,12,14,19H,9-11H2,1-3H3/t14-,17+/m1/s1. The number of imide groups is 1. The Hall–Kier alpha value is -1.72. The molecule has 1 aromatic rings. The van der Waals surface area contributed by atoms with Crippen molar-refractivity contribution in [2.45, 2.75) is 44.8 Å². The Labute approximate surface area is 130 Å². The molecule has 0 unspecified atom stereocenters. The molecular weight excluding hydrogens is 282 g/mol. The third-order valence-electron chi connectivity index (χ3n) is 3.95. The smallest absolute Gasteiger partial charge is 0.240 e. The average Bonchev–Trinajstić information content (AvgIpc) is 2.70. The molecular formula is C17H23NO4. The molecule has 0 spiro atoms. The molecule has 22 heavy (non-hydrogen) atoms. The van der Waals surface area contributed by atoms with Crippen LogP contribution in [0.2, 0.25) is 0 Å². The summed E-state index contributed by atoms with van der Waals surface area (Å²) in [4.78, 5) is 26.0. The maximum atomic E-state index is 12.7. The maximum absolute atomic E-state index is 12.7. The zero-order valence-electron chi connectivity index (χ0n) is 13.3. The van der Waals surface area contributed by atoms with Crippen LogP contribution in [0.1, 0.15) is 32.8 Å². The molecule has 2 amide bonds. The highest BCUT2D eigenvalue weighted by atomic mass is 16.5. The minimum Gasteiger partial charge on any atom is -0.389 e. The van der Waals surface area contributed by atoms with Crippen molar-refractivity contribution < 1.29 is 19.4 Å². The van der Waals surface area contributed by atoms with Crippen molar-refractivity contribution in [2.24, 2.45) is 0 Å². The van der Waals surface area contributed by atoms with Crippen molar-refractivity contribution in [1.82, 2.24) is 4.90 Å². The van der Waals surface area contributed by atoms with Crippen LogP contribution in [0.4, 0.5) is 0 Å². The van der Waals surface area contributed by atoms with Crippen molar-refractivity contribution >= 4 is 11.8 Å². The number of ether oxygens (including phenoxy) is 1. The summed E-state index contributed by atoms with van der Waals surface area (Å²) < 4.78 is 5.32. The molecule has 2 atom stereocenters. The zero-order chi connectivity index (χ0) is 16.3. The van der Waals surface area contributed by atoms with Crippen molar-refractivity contribution in [2.75, 3.05) is 13.2 Å². The van der Waals surface area contributed by atoms with Gasteiger partial charge in [-0.05, 0) is 26.3 Å². The van der Waals surface area contributed by atoms with Crippen LogP contribution in [0.25, 0.3) is 0 Å². The van der Waals surface area contributed by atoms with Gasteiger partial charge in [0.2, 0.25) is 11.8 Å². The first-order valence-electron chi connectivity index (χ1n) is 7.54. The van der Waals surface area contributed by atoms with Gasteiger partial charge in [-0.1, -0.05) is 30.3 Å². The van der Waals surface area contributed by atoms with Gasteiger partial charge in [-0.2, -0.15) is 0 Å². The normalized spacial score (nSPS) is 23.4. The summed E-state index contributed by atoms with van der Waals surface area (Å²) in [6, 6.07) is 9.29. The first-order chi connectivity index (χ1) is 10.3. The number of β-amino-alcohol motifs (C(OH)–C–C–N with tert-alkyl or cyclic N) is 1. The van der Waals surface area contributed by atoms with E-state index in [9.17, 15) is 14.7 Å². The number of likely N-dealkylation sites (tertiary alicyclic amines) is 1. The van der Waals surface area contributed by atoms with Crippen molar-refractivity contribution in [3.63, 3.8) is 0 Å². The molecule has 1 saturated heterocycles. The fourth-order valence-electron chi connectivity index (χ4n) is 2.67. The molecule has 120 valence electrons. The van der Waals surface area contributed by atoms with Crippen molar-refractivity contribution in [1.29, 1.82) is 0 Å². The predicted octanol–water partition coefficient (Wildman–Crippen LogP) is 1.49. The van der Waals surface area contributed by atoms with E-state index in [-0.39, 0.29) is 37.5 Å². The minimum absolute atomic E-state index is 0.00536. The lowest BCUT2D eigenvalue weighted by atomic mass is 9.81. The lowest BCUT2D eigenvalue weighted by Gasteiger charge is -2.24. The van der Waals surface area contributed by atoms with Gasteiger partial charge in [-0.25, -0.2) is 0 Å². The number of rotatable bonds is 6. The average molecular weight is 305 g/mol. The molecule has 0 saturated carbocycles. The van der Waals surface area contributed by atoms with E-state index in [1.54, 1.807) is 6.92 Å². The SMILES string of the molecule is CC(C)OC[C@H](O)CN1C(=O)C[C@@](C)(c2ccccc2)C1=O. The quantitative estimate of drug-likeness (QED) is 0.809. The van der Waals surface area contributed by atoms with E-state index in [0.717, 1.165) is 10.5 Å². The summed E-state index contributed by atoms with van der Waals surface area (Å²) in [6.07, 6.45) is -0.740. The van der Waals surface area contributed by atoms with Gasteiger partial charge < -0.3 is 9.84 Å². The van der Waals surface area contributed by atoms with Crippen molar-refractivity contribution in [3.05, 3.63) is 35.9 Å². The number of carbonyl (C=O) groups excluding carboxylic acids is 2. The third kappa shape index (κ3) is 3.36. The van der Waals surface area contributed by atoms with E-state index in [1.165, 1.54) is 0 Å². The number of amides is 2. The Kier molecular flexibility index (Phi) is 4.98. The van der Waals surface area contributed by atoms with E-state index in [4.69, 9.17) is 4.74 Å². The van der Waals surface area contributed by atoms with Crippen molar-refractivity contribution in [3.8, 4) is 0 Å². The van der Waals surface area contributed by atoms with E-state index < -0.39 is 11.5 Å². The van der Waals surface area contributed by atoms with E-state index >= 15 is 0 Å². The van der Waals surface area contributed by atoms with E-state index in [1.807, 2.05) is 44.2 Å². The molecule has 0 aliphatic carbocycles. The van der Waals surface area contributed by atoms with Crippen LogP contribution in [0, 0.1) is 0 Å². The Bertz CT molecular complexity index is 543. The number of carbonyl (C=O) groups is 2. The Morgan fingerprint density at radius 3 is 2.50 bits per heavy atom. The van der Waals surface area contributed by atoms with Crippen LogP contribution in [0.3, 0.4) is 0 Å². The highest BCUT2D eigenvalue weighted by molar-refractivity contribution is 6.08. The van der Waals surface area contributed by atoms with E-state index in [2.05, 4.69) is 0 Å². The predicted molar refractivity (Wildman–Crippen MR) is 82.2 cm³/mol. The lowest BCUT2D eigenvalue weighted by Crippen LogP contribution is -2.42. The maximum Gasteiger partial charge on any atom is 0.240 e. The molecule has 0 radical (unpaired) electrons. The summed E-state index contributed by atoms with van der Waals surface area (Å²) in [5.74, 6) is -0.507. The van der Waals surface area contributed by atoms with Gasteiger partial charge >= 0.3 is 0 Å². The molecule has 5 nitrogen and oxygen atoms in total. The first kappa shape index (κ1) is 16.6. The van der Waals surface area contributed by atoms with Gasteiger partial charge in [0.05, 0.1) is 30.8 Å². The highest BCUT2D eigenvalue weighted by Gasteiger charge is 2.49. The monoisotopic (exact) mass is 305 g/mol. The Morgan fingerprint density at radius 1 is 1.27 bits per heavy atom. The number of aliphatic hydroxyl groups is 1. The van der Waals surface area contributed by atoms with Crippen LogP contribution in [-0.4, -0.2) is 47.2 Å². The number of nitrogens with zero attached hydrogens (tertiary/aromatic N) is 1. The first-order valence-corrected chi connectivity index (χ1v) is 7.54. The fourth-order valence-corrected chi connectivity index (χ4v) is 2.67. The second kappa shape index (κ2) is 6.58. The minimum atomic E-state index is -0.867. The number of benzene rings is 1. The third-order valence-corrected chi connectivity index (χ3v) is 3.95. The number of hydrogen-bond acceptors (Lipinski definition) is 4. The molecule has 1 aliphatic heterocycles. The van der Waals surface area contributed by atoms with Crippen LogP contribution in [0.15, 0.2) is 30.3 Å². The van der Waals surface area contributed by atoms with Gasteiger partial charge in [-0.15, -0.1) is 0 Å². The number of aliphatic hydroxyl groups excluding tert-OH is 1. The Morgan fingerprint density at radius 2 is 1.91 bits per heavy atom. The molecule has 0 bridgehead atoms. The Balaban J connectivity index is 2.09. The van der Waals surface area contributed by atoms with Gasteiger partial charge in [0.1, 0.15) is 0 Å². The molecule has 5 heteroatoms. The topological polar surface area (TPSA) is 66.8 Å². The van der Waals surface area contributed by atoms with Crippen LogP contribution in [-0.2, 0) is 19.7 Å². The van der Waals surface area contributed by atoms with Crippen LogP contribution >= 0.6 is 0 Å². The van der Waals surface area contributed by atoms with Gasteiger partial charge in [-0.3, -0.25) is 14.5 Å². The second-order valence-electron chi connectivity index (χ2n) is 6.22. The molecule has 1 N–H and O–H groups in total. The van der Waals surface area contributed by atoms with Crippen LogP contribution in [0.5, 0.6) is 0 Å². The van der Waals surface area contributed by atoms with Gasteiger partial charge in [0, 0.05) is 6.42 Å². The molecule has 1 aliphatic rings. The summed E-state index contributed by atoms with van der Waals surface area (Å²) in [6.45, 7) is 5.60. The molecule has 1 aromatic carbocycles. The summed E-state index contributed by atoms with van der Waals surface area (Å²) >= 11 is 0. The summed E-state index contributed by atoms with van der Waals surface area (Å²) in [7, 11) is 0. The molecule has 1 fully saturated rings. The highest BCUT2D eigenvalue weighted by Crippen LogP contribution is 2.36.